The Hall–Kier alpha value is -2.92. The second kappa shape index (κ2) is 8.21. The van der Waals surface area contributed by atoms with Gasteiger partial charge in [0.25, 0.3) is 0 Å². The molecule has 1 unspecified atom stereocenters. The molecule has 0 spiro atoms. The summed E-state index contributed by atoms with van der Waals surface area (Å²) < 4.78 is 2.13. The molecular formula is C24H23N3OS. The van der Waals surface area contributed by atoms with Gasteiger partial charge in [-0.05, 0) is 37.1 Å². The second-order valence-electron chi connectivity index (χ2n) is 7.33. The summed E-state index contributed by atoms with van der Waals surface area (Å²) in [6, 6.07) is 18.7. The van der Waals surface area contributed by atoms with Crippen LogP contribution in [0.15, 0.2) is 72.1 Å². The molecule has 0 radical (unpaired) electrons. The Balaban J connectivity index is 1.93. The highest BCUT2D eigenvalue weighted by Gasteiger charge is 2.19. The number of aryl methyl sites for hydroxylation is 1. The fourth-order valence-corrected chi connectivity index (χ4v) is 4.70. The van der Waals surface area contributed by atoms with Gasteiger partial charge in [-0.25, -0.2) is 9.97 Å². The van der Waals surface area contributed by atoms with E-state index in [-0.39, 0.29) is 11.0 Å². The summed E-state index contributed by atoms with van der Waals surface area (Å²) in [5, 5.41) is 2.09. The predicted octanol–water partition coefficient (Wildman–Crippen LogP) is 5.86. The molecule has 0 amide bonds. The van der Waals surface area contributed by atoms with Crippen LogP contribution in [-0.4, -0.2) is 25.6 Å². The maximum atomic E-state index is 11.6. The highest BCUT2D eigenvalue weighted by molar-refractivity contribution is 8.00. The zero-order valence-electron chi connectivity index (χ0n) is 16.8. The largest absolute Gasteiger partial charge is 0.301 e. The van der Waals surface area contributed by atoms with Crippen molar-refractivity contribution in [3.05, 3.63) is 72.7 Å². The zero-order chi connectivity index (χ0) is 20.4. The average molecular weight is 402 g/mol. The van der Waals surface area contributed by atoms with Gasteiger partial charge in [0, 0.05) is 29.1 Å². The molecule has 0 saturated carbocycles. The van der Waals surface area contributed by atoms with Crippen LogP contribution in [0, 0.1) is 6.92 Å². The van der Waals surface area contributed by atoms with E-state index in [0.29, 0.717) is 6.42 Å². The van der Waals surface area contributed by atoms with Crippen LogP contribution in [0.2, 0.25) is 0 Å². The van der Waals surface area contributed by atoms with Gasteiger partial charge in [-0.15, -0.1) is 11.8 Å². The Bertz CT molecular complexity index is 1170. The predicted molar refractivity (Wildman–Crippen MR) is 120 cm³/mol. The molecule has 2 heterocycles. The van der Waals surface area contributed by atoms with Gasteiger partial charge in [0.2, 0.25) is 0 Å². The fourth-order valence-electron chi connectivity index (χ4n) is 3.57. The van der Waals surface area contributed by atoms with Gasteiger partial charge < -0.3 is 4.57 Å². The number of fused-ring (bicyclic) bond motifs is 1. The smallest absolute Gasteiger partial charge is 0.149 e. The molecular weight excluding hydrogens is 378 g/mol. The van der Waals surface area contributed by atoms with Crippen molar-refractivity contribution in [1.82, 2.24) is 14.5 Å². The van der Waals surface area contributed by atoms with Crippen LogP contribution in [0.4, 0.5) is 0 Å². The minimum absolute atomic E-state index is 0.150. The number of nitrogens with zero attached hydrogens (tertiary/aromatic N) is 3. The maximum Gasteiger partial charge on any atom is 0.149 e. The van der Waals surface area contributed by atoms with Gasteiger partial charge in [-0.2, -0.15) is 0 Å². The molecule has 29 heavy (non-hydrogen) atoms. The number of ketones is 1. The first-order chi connectivity index (χ1) is 14.0. The lowest BCUT2D eigenvalue weighted by Gasteiger charge is -2.10. The quantitative estimate of drug-likeness (QED) is 0.300. The molecule has 4 aromatic rings. The molecule has 0 saturated heterocycles. The average Bonchev–Trinajstić information content (AvgIpc) is 3.09. The van der Waals surface area contributed by atoms with Gasteiger partial charge in [-0.1, -0.05) is 49.4 Å². The summed E-state index contributed by atoms with van der Waals surface area (Å²) in [5.41, 5.74) is 5.37. The SMILES string of the molecule is CC(=O)CC(C)Sc1ncnc2c1c(-c1ccccc1)cn2-c1cccc(C)c1. The molecule has 0 fully saturated rings. The van der Waals surface area contributed by atoms with Crippen LogP contribution < -0.4 is 0 Å². The third-order valence-electron chi connectivity index (χ3n) is 4.80. The molecule has 4 nitrogen and oxygen atoms in total. The summed E-state index contributed by atoms with van der Waals surface area (Å²) >= 11 is 1.64. The molecule has 4 rings (SSSR count). The van der Waals surface area contributed by atoms with Crippen molar-refractivity contribution in [2.75, 3.05) is 0 Å². The number of benzene rings is 2. The normalized spacial score (nSPS) is 12.2. The summed E-state index contributed by atoms with van der Waals surface area (Å²) in [5.74, 6) is 0.191. The van der Waals surface area contributed by atoms with E-state index in [1.54, 1.807) is 25.0 Å². The molecule has 2 aromatic heterocycles. The Morgan fingerprint density at radius 2 is 1.90 bits per heavy atom. The topological polar surface area (TPSA) is 47.8 Å². The number of Topliss-reactive ketones (excluding diaryl/α,β-unsaturated/α-hetero) is 1. The molecule has 0 aliphatic rings. The van der Waals surface area contributed by atoms with Crippen molar-refractivity contribution in [1.29, 1.82) is 0 Å². The van der Waals surface area contributed by atoms with E-state index in [1.807, 2.05) is 18.2 Å². The van der Waals surface area contributed by atoms with Gasteiger partial charge in [0.15, 0.2) is 0 Å². The van der Waals surface area contributed by atoms with E-state index in [1.165, 1.54) is 5.56 Å². The molecule has 0 bridgehead atoms. The fraction of sp³-hybridized carbons (Fsp3) is 0.208. The lowest BCUT2D eigenvalue weighted by molar-refractivity contribution is -0.116. The number of aromatic nitrogens is 3. The molecule has 5 heteroatoms. The van der Waals surface area contributed by atoms with E-state index in [9.17, 15) is 4.79 Å². The van der Waals surface area contributed by atoms with Crippen molar-refractivity contribution in [2.24, 2.45) is 0 Å². The number of carbonyl (C=O) groups is 1. The number of hydrogen-bond acceptors (Lipinski definition) is 4. The van der Waals surface area contributed by atoms with Crippen LogP contribution in [0.1, 0.15) is 25.8 Å². The van der Waals surface area contributed by atoms with E-state index in [2.05, 4.69) is 71.0 Å². The monoisotopic (exact) mass is 401 g/mol. The van der Waals surface area contributed by atoms with E-state index in [4.69, 9.17) is 0 Å². The zero-order valence-corrected chi connectivity index (χ0v) is 17.6. The van der Waals surface area contributed by atoms with E-state index >= 15 is 0 Å². The lowest BCUT2D eigenvalue weighted by Crippen LogP contribution is -2.04. The summed E-state index contributed by atoms with van der Waals surface area (Å²) in [7, 11) is 0. The molecule has 1 atom stereocenters. The van der Waals surface area contributed by atoms with Gasteiger partial charge >= 0.3 is 0 Å². The highest BCUT2D eigenvalue weighted by Crippen LogP contribution is 2.38. The van der Waals surface area contributed by atoms with Gasteiger partial charge in [-0.3, -0.25) is 4.79 Å². The van der Waals surface area contributed by atoms with Crippen LogP contribution in [0.5, 0.6) is 0 Å². The summed E-state index contributed by atoms with van der Waals surface area (Å²) in [4.78, 5) is 20.8. The van der Waals surface area contributed by atoms with Crippen molar-refractivity contribution >= 4 is 28.6 Å². The standard InChI is InChI=1S/C24H23N3OS/c1-16-8-7-11-20(12-16)27-14-21(19-9-5-4-6-10-19)22-23(27)25-15-26-24(22)29-18(3)13-17(2)28/h4-12,14-15,18H,13H2,1-3H3. The first kappa shape index (κ1) is 19.4. The van der Waals surface area contributed by atoms with E-state index < -0.39 is 0 Å². The van der Waals surface area contributed by atoms with Crippen molar-refractivity contribution in [3.8, 4) is 16.8 Å². The van der Waals surface area contributed by atoms with Crippen LogP contribution in [0.25, 0.3) is 27.8 Å². The first-order valence-corrected chi connectivity index (χ1v) is 10.6. The Morgan fingerprint density at radius 3 is 2.62 bits per heavy atom. The minimum atomic E-state index is 0.150. The Kier molecular flexibility index (Phi) is 5.49. The minimum Gasteiger partial charge on any atom is -0.301 e. The second-order valence-corrected chi connectivity index (χ2v) is 8.76. The number of carbonyl (C=O) groups excluding carboxylic acids is 1. The number of thioether (sulfide) groups is 1. The highest BCUT2D eigenvalue weighted by atomic mass is 32.2. The lowest BCUT2D eigenvalue weighted by atomic mass is 10.1. The van der Waals surface area contributed by atoms with Crippen LogP contribution in [0.3, 0.4) is 0 Å². The van der Waals surface area contributed by atoms with Crippen molar-refractivity contribution < 1.29 is 4.79 Å². The van der Waals surface area contributed by atoms with Crippen LogP contribution >= 0.6 is 11.8 Å². The molecule has 0 aliphatic heterocycles. The third-order valence-corrected chi connectivity index (χ3v) is 5.90. The molecule has 146 valence electrons. The van der Waals surface area contributed by atoms with Gasteiger partial charge in [0.05, 0.1) is 5.39 Å². The maximum absolute atomic E-state index is 11.6. The third kappa shape index (κ3) is 4.10. The molecule has 0 N–H and O–H groups in total. The Morgan fingerprint density at radius 1 is 1.10 bits per heavy atom. The molecule has 0 aliphatic carbocycles. The molecule has 2 aromatic carbocycles. The van der Waals surface area contributed by atoms with Crippen LogP contribution in [-0.2, 0) is 4.79 Å². The van der Waals surface area contributed by atoms with Gasteiger partial charge in [0.1, 0.15) is 22.8 Å². The summed E-state index contributed by atoms with van der Waals surface area (Å²) in [6.07, 6.45) is 4.28. The number of rotatable bonds is 6. The van der Waals surface area contributed by atoms with Crippen molar-refractivity contribution in [2.45, 2.75) is 37.5 Å². The summed E-state index contributed by atoms with van der Waals surface area (Å²) in [6.45, 7) is 5.79. The Labute approximate surface area is 175 Å². The van der Waals surface area contributed by atoms with Crippen molar-refractivity contribution in [3.63, 3.8) is 0 Å². The first-order valence-electron chi connectivity index (χ1n) is 9.67. The number of hydrogen-bond donors (Lipinski definition) is 0. The van der Waals surface area contributed by atoms with E-state index in [0.717, 1.165) is 32.9 Å².